The Hall–Kier alpha value is -1.09. The number of halogens is 1. The minimum atomic E-state index is -0.276. The van der Waals surface area contributed by atoms with Crippen molar-refractivity contribution in [2.24, 2.45) is 5.41 Å². The van der Waals surface area contributed by atoms with Crippen LogP contribution in [0, 0.1) is 11.2 Å². The molecule has 0 radical (unpaired) electrons. The normalized spacial score (nSPS) is 14.2. The first-order chi connectivity index (χ1) is 9.04. The van der Waals surface area contributed by atoms with Crippen LogP contribution in [0.2, 0.25) is 0 Å². The zero-order chi connectivity index (χ0) is 14.3. The minimum absolute atomic E-state index is 0.172. The van der Waals surface area contributed by atoms with E-state index in [-0.39, 0.29) is 11.2 Å². The lowest BCUT2D eigenvalue weighted by molar-refractivity contribution is 0.277. The Bertz CT molecular complexity index is 394. The summed E-state index contributed by atoms with van der Waals surface area (Å²) < 4.78 is 18.7. The predicted molar refractivity (Wildman–Crippen MR) is 78.2 cm³/mol. The van der Waals surface area contributed by atoms with Gasteiger partial charge in [0.25, 0.3) is 0 Å². The molecule has 1 rings (SSSR count). The van der Waals surface area contributed by atoms with E-state index in [0.29, 0.717) is 5.75 Å². The fourth-order valence-corrected chi connectivity index (χ4v) is 2.58. The molecule has 2 nitrogen and oxygen atoms in total. The van der Waals surface area contributed by atoms with Crippen LogP contribution in [0.5, 0.6) is 5.75 Å². The molecule has 0 saturated carbocycles. The van der Waals surface area contributed by atoms with Crippen molar-refractivity contribution in [2.45, 2.75) is 40.0 Å². The molecule has 0 fully saturated rings. The largest absolute Gasteiger partial charge is 0.494 e. The number of methoxy groups -OCH3 is 1. The van der Waals surface area contributed by atoms with E-state index in [1.165, 1.54) is 7.11 Å². The van der Waals surface area contributed by atoms with Crippen LogP contribution in [-0.4, -0.2) is 20.2 Å². The summed E-state index contributed by atoms with van der Waals surface area (Å²) in [5.74, 6) is 0.0370. The maximum atomic E-state index is 13.7. The van der Waals surface area contributed by atoms with Gasteiger partial charge in [-0.1, -0.05) is 33.3 Å². The Balaban J connectivity index is 2.80. The van der Waals surface area contributed by atoms with Crippen LogP contribution in [0.4, 0.5) is 4.39 Å². The zero-order valence-electron chi connectivity index (χ0n) is 12.6. The molecule has 0 heterocycles. The summed E-state index contributed by atoms with van der Waals surface area (Å²) in [5.41, 5.74) is 1.21. The number of nitrogens with one attached hydrogen (secondary N) is 1. The molecule has 1 atom stereocenters. The van der Waals surface area contributed by atoms with Crippen molar-refractivity contribution in [1.29, 1.82) is 0 Å². The number of hydrogen-bond acceptors (Lipinski definition) is 2. The molecule has 1 N–H and O–H groups in total. The molecule has 1 unspecified atom stereocenters. The van der Waals surface area contributed by atoms with Crippen LogP contribution in [0.15, 0.2) is 18.2 Å². The second-order valence-corrected chi connectivity index (χ2v) is 5.49. The number of hydrogen-bond donors (Lipinski definition) is 1. The smallest absolute Gasteiger partial charge is 0.165 e. The first kappa shape index (κ1) is 16.0. The lowest BCUT2D eigenvalue weighted by Crippen LogP contribution is -2.33. The van der Waals surface area contributed by atoms with Gasteiger partial charge in [-0.3, -0.25) is 0 Å². The fourth-order valence-electron chi connectivity index (χ4n) is 2.58. The molecule has 0 aromatic heterocycles. The lowest BCUT2D eigenvalue weighted by Gasteiger charge is -2.30. The van der Waals surface area contributed by atoms with Gasteiger partial charge in [-0.05, 0) is 42.5 Å². The summed E-state index contributed by atoms with van der Waals surface area (Å²) in [6.45, 7) is 8.50. The Kier molecular flexibility index (Phi) is 6.29. The second kappa shape index (κ2) is 7.49. The van der Waals surface area contributed by atoms with Gasteiger partial charge in [0.15, 0.2) is 11.6 Å². The zero-order valence-corrected chi connectivity index (χ0v) is 12.6. The highest BCUT2D eigenvalue weighted by Crippen LogP contribution is 2.29. The van der Waals surface area contributed by atoms with Gasteiger partial charge >= 0.3 is 0 Å². The highest BCUT2D eigenvalue weighted by Gasteiger charge is 2.23. The van der Waals surface area contributed by atoms with Crippen LogP contribution in [-0.2, 0) is 6.42 Å². The quantitative estimate of drug-likeness (QED) is 0.773. The van der Waals surface area contributed by atoms with E-state index in [4.69, 9.17) is 4.74 Å². The van der Waals surface area contributed by atoms with Gasteiger partial charge < -0.3 is 10.1 Å². The van der Waals surface area contributed by atoms with E-state index in [9.17, 15) is 4.39 Å². The van der Waals surface area contributed by atoms with Crippen molar-refractivity contribution >= 4 is 0 Å². The maximum Gasteiger partial charge on any atom is 0.165 e. The Morgan fingerprint density at radius 1 is 1.32 bits per heavy atom. The summed E-state index contributed by atoms with van der Waals surface area (Å²) in [6, 6.07) is 5.27. The molecule has 0 amide bonds. The van der Waals surface area contributed by atoms with E-state index in [1.54, 1.807) is 12.1 Å². The summed E-state index contributed by atoms with van der Waals surface area (Å²) in [6.07, 6.45) is 3.16. The summed E-state index contributed by atoms with van der Waals surface area (Å²) in [4.78, 5) is 0. The molecular weight excluding hydrogens is 241 g/mol. The van der Waals surface area contributed by atoms with Gasteiger partial charge in [0.1, 0.15) is 0 Å². The fraction of sp³-hybridized carbons (Fsp3) is 0.625. The van der Waals surface area contributed by atoms with Crippen LogP contribution in [0.25, 0.3) is 0 Å². The Morgan fingerprint density at radius 2 is 2.05 bits per heavy atom. The molecule has 1 aromatic carbocycles. The Morgan fingerprint density at radius 3 is 2.58 bits per heavy atom. The number of rotatable bonds is 8. The van der Waals surface area contributed by atoms with E-state index < -0.39 is 0 Å². The third-order valence-corrected chi connectivity index (χ3v) is 3.50. The van der Waals surface area contributed by atoms with Crippen LogP contribution in [0.1, 0.15) is 39.2 Å². The van der Waals surface area contributed by atoms with Gasteiger partial charge in [0.2, 0.25) is 0 Å². The molecule has 108 valence electrons. The van der Waals surface area contributed by atoms with E-state index in [2.05, 4.69) is 26.1 Å². The third-order valence-electron chi connectivity index (χ3n) is 3.50. The highest BCUT2D eigenvalue weighted by molar-refractivity contribution is 5.29. The van der Waals surface area contributed by atoms with Gasteiger partial charge in [0, 0.05) is 6.54 Å². The molecule has 1 aromatic rings. The SMILES string of the molecule is CCCC(C)(CNCC)Cc1ccc(OC)c(F)c1. The first-order valence-corrected chi connectivity index (χ1v) is 7.07. The molecule has 0 aliphatic heterocycles. The number of benzene rings is 1. The molecule has 0 spiro atoms. The molecular formula is C16H26FNO. The standard InChI is InChI=1S/C16H26FNO/c1-5-9-16(3,12-18-6-2)11-13-7-8-15(19-4)14(17)10-13/h7-8,10,18H,5-6,9,11-12H2,1-4H3. The lowest BCUT2D eigenvalue weighted by atomic mass is 9.79. The molecule has 0 aliphatic carbocycles. The van der Waals surface area contributed by atoms with Crippen LogP contribution in [0.3, 0.4) is 0 Å². The molecule has 3 heteroatoms. The van der Waals surface area contributed by atoms with E-state index in [0.717, 1.165) is 37.9 Å². The molecule has 0 bridgehead atoms. The minimum Gasteiger partial charge on any atom is -0.494 e. The van der Waals surface area contributed by atoms with E-state index >= 15 is 0 Å². The summed E-state index contributed by atoms with van der Waals surface area (Å²) >= 11 is 0. The van der Waals surface area contributed by atoms with Gasteiger partial charge in [-0.25, -0.2) is 4.39 Å². The Labute approximate surface area is 116 Å². The van der Waals surface area contributed by atoms with Crippen molar-refractivity contribution in [1.82, 2.24) is 5.32 Å². The van der Waals surface area contributed by atoms with Crippen molar-refractivity contribution < 1.29 is 9.13 Å². The van der Waals surface area contributed by atoms with Crippen molar-refractivity contribution in [3.63, 3.8) is 0 Å². The topological polar surface area (TPSA) is 21.3 Å². The van der Waals surface area contributed by atoms with Crippen LogP contribution < -0.4 is 10.1 Å². The molecule has 0 saturated heterocycles. The summed E-state index contributed by atoms with van der Waals surface area (Å²) in [7, 11) is 1.49. The monoisotopic (exact) mass is 267 g/mol. The summed E-state index contributed by atoms with van der Waals surface area (Å²) in [5, 5.41) is 3.41. The van der Waals surface area contributed by atoms with Crippen LogP contribution >= 0.6 is 0 Å². The molecule has 19 heavy (non-hydrogen) atoms. The third kappa shape index (κ3) is 4.83. The predicted octanol–water partition coefficient (Wildman–Crippen LogP) is 3.79. The van der Waals surface area contributed by atoms with Gasteiger partial charge in [-0.15, -0.1) is 0 Å². The van der Waals surface area contributed by atoms with Gasteiger partial charge in [0.05, 0.1) is 7.11 Å². The molecule has 0 aliphatic rings. The van der Waals surface area contributed by atoms with Crippen molar-refractivity contribution in [2.75, 3.05) is 20.2 Å². The first-order valence-electron chi connectivity index (χ1n) is 7.07. The highest BCUT2D eigenvalue weighted by atomic mass is 19.1. The second-order valence-electron chi connectivity index (χ2n) is 5.49. The van der Waals surface area contributed by atoms with Crippen molar-refractivity contribution in [3.8, 4) is 5.75 Å². The van der Waals surface area contributed by atoms with Crippen molar-refractivity contribution in [3.05, 3.63) is 29.6 Å². The van der Waals surface area contributed by atoms with Gasteiger partial charge in [-0.2, -0.15) is 0 Å². The number of ether oxygens (including phenoxy) is 1. The maximum absolute atomic E-state index is 13.7. The average Bonchev–Trinajstić information content (AvgIpc) is 2.37. The van der Waals surface area contributed by atoms with E-state index in [1.807, 2.05) is 6.07 Å². The average molecular weight is 267 g/mol.